The van der Waals surface area contributed by atoms with Crippen molar-refractivity contribution >= 4 is 14.3 Å². The fourth-order valence-electron chi connectivity index (χ4n) is 1.48. The van der Waals surface area contributed by atoms with E-state index in [1.165, 1.54) is 0 Å². The van der Waals surface area contributed by atoms with Crippen LogP contribution in [-0.2, 0) is 14.0 Å². The van der Waals surface area contributed by atoms with Gasteiger partial charge >= 0.3 is 5.97 Å². The molecule has 0 N–H and O–H groups in total. The van der Waals surface area contributed by atoms with Gasteiger partial charge in [-0.3, -0.25) is 4.79 Å². The SMILES string of the molecule is CCC1C(=O)OC1CO[Si](C)(C)C(C)(C)C. The summed E-state index contributed by atoms with van der Waals surface area (Å²) in [5, 5.41) is 0.211. The molecule has 1 fully saturated rings. The van der Waals surface area contributed by atoms with Gasteiger partial charge in [-0.2, -0.15) is 0 Å². The van der Waals surface area contributed by atoms with Gasteiger partial charge in [0, 0.05) is 0 Å². The van der Waals surface area contributed by atoms with Crippen LogP contribution in [0.1, 0.15) is 34.1 Å². The number of carbonyl (C=O) groups excluding carboxylic acids is 1. The molecular formula is C12H24O3Si. The van der Waals surface area contributed by atoms with Crippen LogP contribution in [0.5, 0.6) is 0 Å². The van der Waals surface area contributed by atoms with Crippen molar-refractivity contribution in [2.24, 2.45) is 5.92 Å². The van der Waals surface area contributed by atoms with Crippen molar-refractivity contribution in [3.8, 4) is 0 Å². The molecule has 2 atom stereocenters. The van der Waals surface area contributed by atoms with Crippen LogP contribution in [0.25, 0.3) is 0 Å². The summed E-state index contributed by atoms with van der Waals surface area (Å²) in [5.74, 6) is -0.00361. The third kappa shape index (κ3) is 2.66. The Morgan fingerprint density at radius 3 is 2.31 bits per heavy atom. The average molecular weight is 244 g/mol. The van der Waals surface area contributed by atoms with E-state index in [4.69, 9.17) is 9.16 Å². The van der Waals surface area contributed by atoms with Gasteiger partial charge in [0.1, 0.15) is 6.10 Å². The largest absolute Gasteiger partial charge is 0.459 e. The van der Waals surface area contributed by atoms with Gasteiger partial charge in [-0.1, -0.05) is 27.7 Å². The highest BCUT2D eigenvalue weighted by atomic mass is 28.4. The Kier molecular flexibility index (Phi) is 3.85. The zero-order valence-corrected chi connectivity index (χ0v) is 12.3. The summed E-state index contributed by atoms with van der Waals surface area (Å²) in [7, 11) is -1.71. The van der Waals surface area contributed by atoms with Crippen molar-refractivity contribution < 1.29 is 14.0 Å². The summed E-state index contributed by atoms with van der Waals surface area (Å²) in [4.78, 5) is 11.1. The first-order chi connectivity index (χ1) is 7.19. The lowest BCUT2D eigenvalue weighted by Crippen LogP contribution is -2.51. The first kappa shape index (κ1) is 13.7. The van der Waals surface area contributed by atoms with Crippen LogP contribution in [0, 0.1) is 5.92 Å². The lowest BCUT2D eigenvalue weighted by molar-refractivity contribution is -0.188. The smallest absolute Gasteiger partial charge is 0.313 e. The molecule has 0 aromatic rings. The predicted molar refractivity (Wildman–Crippen MR) is 66.8 cm³/mol. The van der Waals surface area contributed by atoms with E-state index in [0.29, 0.717) is 6.61 Å². The van der Waals surface area contributed by atoms with E-state index >= 15 is 0 Å². The number of rotatable bonds is 4. The third-order valence-electron chi connectivity index (χ3n) is 3.87. The molecule has 0 bridgehead atoms. The molecule has 0 spiro atoms. The quantitative estimate of drug-likeness (QED) is 0.563. The predicted octanol–water partition coefficient (Wildman–Crippen LogP) is 2.96. The summed E-state index contributed by atoms with van der Waals surface area (Å²) in [6, 6.07) is 0. The van der Waals surface area contributed by atoms with Crippen molar-refractivity contribution in [1.29, 1.82) is 0 Å². The maximum Gasteiger partial charge on any atom is 0.313 e. The van der Waals surface area contributed by atoms with Crippen LogP contribution in [-0.4, -0.2) is 27.0 Å². The molecule has 4 heteroatoms. The maximum atomic E-state index is 11.1. The number of hydrogen-bond donors (Lipinski definition) is 0. The van der Waals surface area contributed by atoms with Crippen LogP contribution in [0.3, 0.4) is 0 Å². The Labute approximate surface area is 99.6 Å². The average Bonchev–Trinajstić information content (AvgIpc) is 2.10. The highest BCUT2D eigenvalue weighted by Gasteiger charge is 2.44. The van der Waals surface area contributed by atoms with Crippen molar-refractivity contribution in [3.63, 3.8) is 0 Å². The molecule has 0 aromatic carbocycles. The molecule has 3 nitrogen and oxygen atoms in total. The van der Waals surface area contributed by atoms with Gasteiger partial charge in [-0.15, -0.1) is 0 Å². The van der Waals surface area contributed by atoms with Crippen LogP contribution < -0.4 is 0 Å². The number of hydrogen-bond acceptors (Lipinski definition) is 3. The molecule has 0 aliphatic carbocycles. The topological polar surface area (TPSA) is 35.5 Å². The molecule has 1 aliphatic rings. The minimum Gasteiger partial charge on any atom is -0.459 e. The normalized spacial score (nSPS) is 26.2. The number of carbonyl (C=O) groups is 1. The molecule has 1 saturated heterocycles. The zero-order valence-electron chi connectivity index (χ0n) is 11.3. The first-order valence-electron chi connectivity index (χ1n) is 6.03. The monoisotopic (exact) mass is 244 g/mol. The third-order valence-corrected chi connectivity index (χ3v) is 8.37. The molecule has 1 heterocycles. The molecular weight excluding hydrogens is 220 g/mol. The molecule has 0 saturated carbocycles. The summed E-state index contributed by atoms with van der Waals surface area (Å²) in [6.07, 6.45) is 0.844. The van der Waals surface area contributed by atoms with Crippen molar-refractivity contribution in [3.05, 3.63) is 0 Å². The second-order valence-electron chi connectivity index (χ2n) is 6.06. The Morgan fingerprint density at radius 1 is 1.38 bits per heavy atom. The highest BCUT2D eigenvalue weighted by Crippen LogP contribution is 2.37. The van der Waals surface area contributed by atoms with Crippen LogP contribution in [0.4, 0.5) is 0 Å². The zero-order chi connectivity index (χ0) is 12.6. The summed E-state index contributed by atoms with van der Waals surface area (Å²) >= 11 is 0. The molecule has 0 aromatic heterocycles. The molecule has 94 valence electrons. The summed E-state index contributed by atoms with van der Waals surface area (Å²) in [6.45, 7) is 13.7. The highest BCUT2D eigenvalue weighted by molar-refractivity contribution is 6.74. The Hall–Kier alpha value is -0.353. The number of cyclic esters (lactones) is 1. The van der Waals surface area contributed by atoms with Gasteiger partial charge in [0.15, 0.2) is 8.32 Å². The lowest BCUT2D eigenvalue weighted by atomic mass is 9.95. The standard InChI is InChI=1S/C12H24O3Si/c1-7-9-10(15-11(9)13)8-14-16(5,6)12(2,3)4/h9-10H,7-8H2,1-6H3. The van der Waals surface area contributed by atoms with E-state index in [0.717, 1.165) is 6.42 Å². The van der Waals surface area contributed by atoms with Crippen LogP contribution in [0.15, 0.2) is 0 Å². The van der Waals surface area contributed by atoms with E-state index in [2.05, 4.69) is 33.9 Å². The minimum absolute atomic E-state index is 0.00775. The van der Waals surface area contributed by atoms with Crippen molar-refractivity contribution in [1.82, 2.24) is 0 Å². The van der Waals surface area contributed by atoms with Gasteiger partial charge in [-0.05, 0) is 24.6 Å². The minimum atomic E-state index is -1.71. The van der Waals surface area contributed by atoms with Crippen LogP contribution in [0.2, 0.25) is 18.1 Å². The molecule has 1 aliphatic heterocycles. The fraction of sp³-hybridized carbons (Fsp3) is 0.917. The van der Waals surface area contributed by atoms with Crippen molar-refractivity contribution in [2.45, 2.75) is 58.4 Å². The Balaban J connectivity index is 2.44. The van der Waals surface area contributed by atoms with E-state index < -0.39 is 8.32 Å². The molecule has 0 radical (unpaired) electrons. The van der Waals surface area contributed by atoms with Crippen LogP contribution >= 0.6 is 0 Å². The fourth-order valence-corrected chi connectivity index (χ4v) is 2.50. The van der Waals surface area contributed by atoms with Gasteiger partial charge in [0.2, 0.25) is 0 Å². The summed E-state index contributed by atoms with van der Waals surface area (Å²) < 4.78 is 11.1. The first-order valence-corrected chi connectivity index (χ1v) is 8.94. The van der Waals surface area contributed by atoms with E-state index in [1.807, 2.05) is 6.92 Å². The molecule has 2 unspecified atom stereocenters. The molecule has 0 amide bonds. The number of ether oxygens (including phenoxy) is 1. The van der Waals surface area contributed by atoms with E-state index in [1.54, 1.807) is 0 Å². The Morgan fingerprint density at radius 2 is 1.94 bits per heavy atom. The molecule has 1 rings (SSSR count). The number of esters is 1. The molecule has 16 heavy (non-hydrogen) atoms. The van der Waals surface area contributed by atoms with E-state index in [-0.39, 0.29) is 23.0 Å². The van der Waals surface area contributed by atoms with E-state index in [9.17, 15) is 4.79 Å². The summed E-state index contributed by atoms with van der Waals surface area (Å²) in [5.41, 5.74) is 0. The Bertz CT molecular complexity index is 268. The van der Waals surface area contributed by atoms with Crippen molar-refractivity contribution in [2.75, 3.05) is 6.61 Å². The second kappa shape index (κ2) is 4.49. The maximum absolute atomic E-state index is 11.1. The van der Waals surface area contributed by atoms with Gasteiger partial charge in [0.25, 0.3) is 0 Å². The van der Waals surface area contributed by atoms with Gasteiger partial charge < -0.3 is 9.16 Å². The lowest BCUT2D eigenvalue weighted by Gasteiger charge is -2.40. The second-order valence-corrected chi connectivity index (χ2v) is 10.9. The van der Waals surface area contributed by atoms with Gasteiger partial charge in [-0.25, -0.2) is 0 Å². The van der Waals surface area contributed by atoms with Gasteiger partial charge in [0.05, 0.1) is 12.5 Å².